The lowest BCUT2D eigenvalue weighted by atomic mass is 10.00. The molecule has 1 aromatic carbocycles. The van der Waals surface area contributed by atoms with E-state index >= 15 is 0 Å². The van der Waals surface area contributed by atoms with Gasteiger partial charge in [0.2, 0.25) is 10.0 Å². The number of amides is 4. The molecule has 1 saturated heterocycles. The smallest absolute Gasteiger partial charge is 0.344 e. The zero-order chi connectivity index (χ0) is 22.7. The Bertz CT molecular complexity index is 945. The van der Waals surface area contributed by atoms with Crippen LogP contribution in [0.5, 0.6) is 0 Å². The van der Waals surface area contributed by atoms with E-state index < -0.39 is 33.4 Å². The fraction of sp³-hybridized carbons (Fsp3) is 0.526. The molecule has 1 aromatic rings. The quantitative estimate of drug-likeness (QED) is 0.496. The molecule has 1 aliphatic heterocycles. The highest BCUT2D eigenvalue weighted by atomic mass is 32.2. The number of nitrogens with zero attached hydrogens (tertiary/aromatic N) is 2. The first-order valence-electron chi connectivity index (χ1n) is 9.81. The summed E-state index contributed by atoms with van der Waals surface area (Å²) in [5.74, 6) is -1.15. The zero-order valence-electron chi connectivity index (χ0n) is 17.9. The number of imide groups is 1. The predicted octanol–water partition coefficient (Wildman–Crippen LogP) is 1.19. The molecule has 1 heterocycles. The van der Waals surface area contributed by atoms with Gasteiger partial charge < -0.3 is 10.6 Å². The number of anilines is 1. The van der Waals surface area contributed by atoms with Crippen molar-refractivity contribution in [3.63, 3.8) is 0 Å². The van der Waals surface area contributed by atoms with Crippen LogP contribution in [0.1, 0.15) is 39.7 Å². The van der Waals surface area contributed by atoms with Crippen LogP contribution in [-0.4, -0.2) is 60.8 Å². The van der Waals surface area contributed by atoms with Crippen LogP contribution in [0.15, 0.2) is 23.1 Å². The number of rotatable bonds is 9. The molecule has 1 aliphatic rings. The molecule has 0 saturated carbocycles. The zero-order valence-corrected chi connectivity index (χ0v) is 18.7. The van der Waals surface area contributed by atoms with Crippen LogP contribution >= 0.6 is 0 Å². The Hall–Kier alpha value is -2.66. The standard InChI is InChI=1S/C19H29N5O5S/c1-6-19(5)17(26)24(18(27)21-19)22-16(25)12-20-15-11-14(10-9-13(15)4)30(28,29)23(7-2)8-3/h9-11,20H,6-8,12H2,1-5H3,(H,21,27)(H,22,25). The minimum absolute atomic E-state index is 0.118. The SMILES string of the molecule is CCN(CC)S(=O)(=O)c1ccc(C)c(NCC(=O)NN2C(=O)NC(C)(CC)C2=O)c1. The topological polar surface area (TPSA) is 128 Å². The number of aryl methyl sites for hydroxylation is 1. The van der Waals surface area contributed by atoms with Crippen LogP contribution in [0.2, 0.25) is 0 Å². The lowest BCUT2D eigenvalue weighted by Gasteiger charge is -2.20. The summed E-state index contributed by atoms with van der Waals surface area (Å²) in [6, 6.07) is 3.95. The first-order chi connectivity index (χ1) is 14.0. The number of nitrogens with one attached hydrogen (secondary N) is 3. The molecule has 4 amide bonds. The number of carbonyl (C=O) groups is 3. The van der Waals surface area contributed by atoms with Crippen LogP contribution in [0.3, 0.4) is 0 Å². The van der Waals surface area contributed by atoms with Crippen LogP contribution in [0, 0.1) is 6.92 Å². The summed E-state index contributed by atoms with van der Waals surface area (Å²) >= 11 is 0. The molecule has 2 rings (SSSR count). The Morgan fingerprint density at radius 3 is 2.37 bits per heavy atom. The van der Waals surface area contributed by atoms with Crippen molar-refractivity contribution in [3.8, 4) is 0 Å². The molecule has 0 bridgehead atoms. The minimum Gasteiger partial charge on any atom is -0.376 e. The Labute approximate surface area is 177 Å². The van der Waals surface area contributed by atoms with Gasteiger partial charge in [-0.15, -0.1) is 0 Å². The second-order valence-corrected chi connectivity index (χ2v) is 9.15. The van der Waals surface area contributed by atoms with Gasteiger partial charge in [0.05, 0.1) is 11.4 Å². The summed E-state index contributed by atoms with van der Waals surface area (Å²) in [4.78, 5) is 36.7. The van der Waals surface area contributed by atoms with E-state index in [0.29, 0.717) is 30.2 Å². The summed E-state index contributed by atoms with van der Waals surface area (Å²) in [6.07, 6.45) is 0.384. The Morgan fingerprint density at radius 1 is 1.20 bits per heavy atom. The maximum Gasteiger partial charge on any atom is 0.344 e. The van der Waals surface area contributed by atoms with Gasteiger partial charge in [-0.25, -0.2) is 13.2 Å². The lowest BCUT2D eigenvalue weighted by Crippen LogP contribution is -2.50. The molecule has 1 fully saturated rings. The number of sulfonamides is 1. The van der Waals surface area contributed by atoms with E-state index in [1.807, 2.05) is 0 Å². The Balaban J connectivity index is 2.10. The molecule has 10 nitrogen and oxygen atoms in total. The van der Waals surface area contributed by atoms with Gasteiger partial charge in [0.15, 0.2) is 0 Å². The van der Waals surface area contributed by atoms with Crippen molar-refractivity contribution in [3.05, 3.63) is 23.8 Å². The van der Waals surface area contributed by atoms with Crippen molar-refractivity contribution in [2.75, 3.05) is 25.0 Å². The molecule has 0 spiro atoms. The van der Waals surface area contributed by atoms with Crippen molar-refractivity contribution in [2.24, 2.45) is 0 Å². The van der Waals surface area contributed by atoms with E-state index in [9.17, 15) is 22.8 Å². The van der Waals surface area contributed by atoms with E-state index in [2.05, 4.69) is 16.1 Å². The monoisotopic (exact) mass is 439 g/mol. The van der Waals surface area contributed by atoms with Gasteiger partial charge in [-0.1, -0.05) is 26.8 Å². The molecule has 30 heavy (non-hydrogen) atoms. The average molecular weight is 440 g/mol. The third-order valence-electron chi connectivity index (χ3n) is 5.20. The average Bonchev–Trinajstić information content (AvgIpc) is 2.91. The highest BCUT2D eigenvalue weighted by Crippen LogP contribution is 2.23. The highest BCUT2D eigenvalue weighted by molar-refractivity contribution is 7.89. The maximum absolute atomic E-state index is 12.7. The largest absolute Gasteiger partial charge is 0.376 e. The molecule has 0 radical (unpaired) electrons. The number of carbonyl (C=O) groups excluding carboxylic acids is 3. The summed E-state index contributed by atoms with van der Waals surface area (Å²) in [6.45, 7) is 9.08. The van der Waals surface area contributed by atoms with E-state index in [0.717, 1.165) is 5.56 Å². The molecule has 1 atom stereocenters. The van der Waals surface area contributed by atoms with Gasteiger partial charge in [-0.2, -0.15) is 9.31 Å². The van der Waals surface area contributed by atoms with E-state index in [4.69, 9.17) is 0 Å². The van der Waals surface area contributed by atoms with Crippen LogP contribution in [-0.2, 0) is 19.6 Å². The summed E-state index contributed by atoms with van der Waals surface area (Å²) < 4.78 is 26.8. The van der Waals surface area contributed by atoms with Gasteiger partial charge in [0.25, 0.3) is 11.8 Å². The number of hydrogen-bond donors (Lipinski definition) is 3. The van der Waals surface area contributed by atoms with Crippen LogP contribution < -0.4 is 16.1 Å². The summed E-state index contributed by atoms with van der Waals surface area (Å²) in [5.41, 5.74) is 2.44. The Kier molecular flexibility index (Phi) is 7.09. The fourth-order valence-corrected chi connectivity index (χ4v) is 4.51. The second-order valence-electron chi connectivity index (χ2n) is 7.21. The lowest BCUT2D eigenvalue weighted by molar-refractivity contribution is -0.138. The van der Waals surface area contributed by atoms with Crippen LogP contribution in [0.4, 0.5) is 10.5 Å². The van der Waals surface area contributed by atoms with E-state index in [1.54, 1.807) is 40.7 Å². The first-order valence-corrected chi connectivity index (χ1v) is 11.2. The molecule has 3 N–H and O–H groups in total. The molecule has 1 unspecified atom stereocenters. The third kappa shape index (κ3) is 4.57. The minimum atomic E-state index is -3.64. The molecule has 166 valence electrons. The first kappa shape index (κ1) is 23.6. The van der Waals surface area contributed by atoms with Gasteiger partial charge in [-0.05, 0) is 38.0 Å². The Morgan fingerprint density at radius 2 is 1.83 bits per heavy atom. The van der Waals surface area contributed by atoms with Gasteiger partial charge in [0, 0.05) is 18.8 Å². The summed E-state index contributed by atoms with van der Waals surface area (Å²) in [5, 5.41) is 6.09. The molecule has 0 aromatic heterocycles. The van der Waals surface area contributed by atoms with Crippen LogP contribution in [0.25, 0.3) is 0 Å². The van der Waals surface area contributed by atoms with Crippen molar-refractivity contribution < 1.29 is 22.8 Å². The summed E-state index contributed by atoms with van der Waals surface area (Å²) in [7, 11) is -3.64. The molecule has 0 aliphatic carbocycles. The van der Waals surface area contributed by atoms with Crippen molar-refractivity contribution >= 4 is 33.6 Å². The van der Waals surface area contributed by atoms with Crippen molar-refractivity contribution in [2.45, 2.75) is 51.5 Å². The number of urea groups is 1. The van der Waals surface area contributed by atoms with Gasteiger partial charge >= 0.3 is 6.03 Å². The third-order valence-corrected chi connectivity index (χ3v) is 7.24. The number of benzene rings is 1. The maximum atomic E-state index is 12.7. The molecular weight excluding hydrogens is 410 g/mol. The number of hydrazine groups is 1. The molecule has 11 heteroatoms. The number of hydrogen-bond acceptors (Lipinski definition) is 6. The fourth-order valence-electron chi connectivity index (χ4n) is 3.03. The molecular formula is C19H29N5O5S. The van der Waals surface area contributed by atoms with E-state index in [-0.39, 0.29) is 11.4 Å². The predicted molar refractivity (Wildman–Crippen MR) is 112 cm³/mol. The normalized spacial score (nSPS) is 19.2. The van der Waals surface area contributed by atoms with E-state index in [1.165, 1.54) is 16.4 Å². The van der Waals surface area contributed by atoms with Crippen molar-refractivity contribution in [1.82, 2.24) is 20.1 Å². The second kappa shape index (κ2) is 9.00. The van der Waals surface area contributed by atoms with Crippen molar-refractivity contribution in [1.29, 1.82) is 0 Å². The highest BCUT2D eigenvalue weighted by Gasteiger charge is 2.47. The van der Waals surface area contributed by atoms with Gasteiger partial charge in [-0.3, -0.25) is 15.0 Å². The van der Waals surface area contributed by atoms with Gasteiger partial charge in [0.1, 0.15) is 5.54 Å².